The van der Waals surface area contributed by atoms with E-state index in [2.05, 4.69) is 23.5 Å². The summed E-state index contributed by atoms with van der Waals surface area (Å²) in [5, 5.41) is 17.9. The van der Waals surface area contributed by atoms with Gasteiger partial charge in [0.05, 0.1) is 30.1 Å². The lowest BCUT2D eigenvalue weighted by atomic mass is 9.70. The first-order chi connectivity index (χ1) is 18.5. The van der Waals surface area contributed by atoms with Gasteiger partial charge in [0.15, 0.2) is 0 Å². The molecule has 38 heavy (non-hydrogen) atoms. The molecule has 3 fully saturated rings. The minimum Gasteiger partial charge on any atom is -0.465 e. The van der Waals surface area contributed by atoms with E-state index in [4.69, 9.17) is 9.47 Å². The SMILES string of the molecule is C=CCCOC(=O)[C@@H]1[C@@H]2CCC3(O2)C(C(=O)N(CC=C)Cn2nnc4ccccc42)N(CCCO)C(=O)[C@H]13. The first-order valence-electron chi connectivity index (χ1n) is 13.0. The second-order valence-corrected chi connectivity index (χ2v) is 9.98. The maximum Gasteiger partial charge on any atom is 0.312 e. The van der Waals surface area contributed by atoms with Gasteiger partial charge >= 0.3 is 5.97 Å². The molecule has 11 heteroatoms. The number of aliphatic hydroxyl groups is 1. The van der Waals surface area contributed by atoms with Crippen molar-refractivity contribution in [1.29, 1.82) is 0 Å². The summed E-state index contributed by atoms with van der Waals surface area (Å²) in [6.45, 7) is 7.98. The van der Waals surface area contributed by atoms with Crippen LogP contribution in [0.3, 0.4) is 0 Å². The fourth-order valence-electron chi connectivity index (χ4n) is 6.25. The summed E-state index contributed by atoms with van der Waals surface area (Å²) in [5.41, 5.74) is 0.332. The molecule has 0 saturated carbocycles. The van der Waals surface area contributed by atoms with E-state index in [1.54, 1.807) is 21.7 Å². The normalized spacial score (nSPS) is 27.5. The smallest absolute Gasteiger partial charge is 0.312 e. The molecule has 11 nitrogen and oxygen atoms in total. The Bertz CT molecular complexity index is 1250. The molecule has 1 spiro atoms. The van der Waals surface area contributed by atoms with Gasteiger partial charge in [0.2, 0.25) is 11.8 Å². The van der Waals surface area contributed by atoms with Crippen molar-refractivity contribution in [2.75, 3.05) is 26.3 Å². The lowest BCUT2D eigenvalue weighted by molar-refractivity contribution is -0.155. The number of rotatable bonds is 12. The third kappa shape index (κ3) is 4.19. The van der Waals surface area contributed by atoms with Gasteiger partial charge in [-0.15, -0.1) is 18.3 Å². The van der Waals surface area contributed by atoms with Crippen LogP contribution in [0, 0.1) is 11.8 Å². The predicted molar refractivity (Wildman–Crippen MR) is 136 cm³/mol. The second-order valence-electron chi connectivity index (χ2n) is 9.98. The average molecular weight is 524 g/mol. The van der Waals surface area contributed by atoms with E-state index in [0.29, 0.717) is 31.2 Å². The number of para-hydroxylation sites is 1. The molecule has 1 aromatic heterocycles. The van der Waals surface area contributed by atoms with Gasteiger partial charge in [0.1, 0.15) is 23.8 Å². The Hall–Kier alpha value is -3.57. The van der Waals surface area contributed by atoms with E-state index in [-0.39, 0.29) is 44.8 Å². The highest BCUT2D eigenvalue weighted by atomic mass is 16.6. The van der Waals surface area contributed by atoms with Gasteiger partial charge in [-0.3, -0.25) is 14.4 Å². The van der Waals surface area contributed by atoms with Crippen molar-refractivity contribution in [3.05, 3.63) is 49.6 Å². The number of hydrogen-bond donors (Lipinski definition) is 1. The van der Waals surface area contributed by atoms with Gasteiger partial charge in [-0.25, -0.2) is 4.68 Å². The zero-order valence-electron chi connectivity index (χ0n) is 21.3. The van der Waals surface area contributed by atoms with Gasteiger partial charge in [0.25, 0.3) is 0 Å². The number of ether oxygens (including phenoxy) is 2. The molecule has 5 atom stereocenters. The van der Waals surface area contributed by atoms with E-state index >= 15 is 0 Å². The van der Waals surface area contributed by atoms with Crippen molar-refractivity contribution in [3.8, 4) is 0 Å². The molecule has 2 unspecified atom stereocenters. The highest BCUT2D eigenvalue weighted by molar-refractivity contribution is 5.98. The molecule has 2 amide bonds. The van der Waals surface area contributed by atoms with E-state index in [1.807, 2.05) is 24.3 Å². The number of nitrogens with zero attached hydrogens (tertiary/aromatic N) is 5. The number of aromatic nitrogens is 3. The van der Waals surface area contributed by atoms with Crippen LogP contribution in [0.25, 0.3) is 11.0 Å². The number of carbonyl (C=O) groups is 3. The number of amides is 2. The molecular weight excluding hydrogens is 490 g/mol. The highest BCUT2D eigenvalue weighted by Gasteiger charge is 2.75. The van der Waals surface area contributed by atoms with Crippen molar-refractivity contribution in [2.24, 2.45) is 11.8 Å². The summed E-state index contributed by atoms with van der Waals surface area (Å²) < 4.78 is 13.5. The Morgan fingerprint density at radius 1 is 1.29 bits per heavy atom. The summed E-state index contributed by atoms with van der Waals surface area (Å²) in [7, 11) is 0. The van der Waals surface area contributed by atoms with Gasteiger partial charge in [-0.2, -0.15) is 0 Å². The number of fused-ring (bicyclic) bond motifs is 2. The molecule has 0 aliphatic carbocycles. The van der Waals surface area contributed by atoms with E-state index in [0.717, 1.165) is 5.52 Å². The minimum atomic E-state index is -1.14. The predicted octanol–water partition coefficient (Wildman–Crippen LogP) is 1.28. The van der Waals surface area contributed by atoms with Crippen LogP contribution >= 0.6 is 0 Å². The van der Waals surface area contributed by atoms with Gasteiger partial charge in [-0.05, 0) is 37.8 Å². The Morgan fingerprint density at radius 2 is 2.11 bits per heavy atom. The van der Waals surface area contributed by atoms with Crippen molar-refractivity contribution in [2.45, 2.75) is 50.1 Å². The van der Waals surface area contributed by atoms with Crippen molar-refractivity contribution in [1.82, 2.24) is 24.8 Å². The zero-order chi connectivity index (χ0) is 26.9. The minimum absolute atomic E-state index is 0.0983. The number of hydrogen-bond acceptors (Lipinski definition) is 8. The largest absolute Gasteiger partial charge is 0.465 e. The number of benzene rings is 1. The Kier molecular flexibility index (Phi) is 7.31. The number of likely N-dealkylation sites (tertiary alicyclic amines) is 1. The van der Waals surface area contributed by atoms with Crippen molar-refractivity contribution < 1.29 is 29.0 Å². The topological polar surface area (TPSA) is 127 Å². The zero-order valence-corrected chi connectivity index (χ0v) is 21.3. The molecule has 202 valence electrons. The Morgan fingerprint density at radius 3 is 2.87 bits per heavy atom. The summed E-state index contributed by atoms with van der Waals surface area (Å²) >= 11 is 0. The van der Waals surface area contributed by atoms with Gasteiger partial charge in [0, 0.05) is 19.7 Å². The number of aliphatic hydroxyl groups excluding tert-OH is 1. The molecule has 0 radical (unpaired) electrons. The molecule has 1 N–H and O–H groups in total. The fourth-order valence-corrected chi connectivity index (χ4v) is 6.25. The molecule has 2 bridgehead atoms. The van der Waals surface area contributed by atoms with Crippen LogP contribution < -0.4 is 0 Å². The van der Waals surface area contributed by atoms with Crippen molar-refractivity contribution in [3.63, 3.8) is 0 Å². The molecule has 4 heterocycles. The highest BCUT2D eigenvalue weighted by Crippen LogP contribution is 2.58. The molecular formula is C27H33N5O6. The Labute approximate surface area is 220 Å². The molecule has 1 aromatic carbocycles. The van der Waals surface area contributed by atoms with Crippen LogP contribution in [0.15, 0.2) is 49.6 Å². The van der Waals surface area contributed by atoms with Crippen molar-refractivity contribution >= 4 is 28.8 Å². The quantitative estimate of drug-likeness (QED) is 0.250. The maximum atomic E-state index is 14.3. The van der Waals surface area contributed by atoms with Crippen LogP contribution in [0.1, 0.15) is 25.7 Å². The van der Waals surface area contributed by atoms with Gasteiger partial charge in [-0.1, -0.05) is 29.5 Å². The first-order valence-corrected chi connectivity index (χ1v) is 13.0. The Balaban J connectivity index is 1.47. The van der Waals surface area contributed by atoms with Crippen LogP contribution in [0.4, 0.5) is 0 Å². The van der Waals surface area contributed by atoms with Crippen LogP contribution in [0.5, 0.6) is 0 Å². The van der Waals surface area contributed by atoms with Crippen LogP contribution in [-0.4, -0.2) is 91.7 Å². The summed E-state index contributed by atoms with van der Waals surface area (Å²) in [4.78, 5) is 44.3. The lowest BCUT2D eigenvalue weighted by Crippen LogP contribution is -2.56. The first kappa shape index (κ1) is 26.1. The van der Waals surface area contributed by atoms with Crippen LogP contribution in [0.2, 0.25) is 0 Å². The van der Waals surface area contributed by atoms with E-state index in [9.17, 15) is 19.5 Å². The monoisotopic (exact) mass is 523 g/mol. The van der Waals surface area contributed by atoms with Crippen LogP contribution in [-0.2, 0) is 30.5 Å². The third-order valence-corrected chi connectivity index (χ3v) is 7.82. The molecule has 3 saturated heterocycles. The lowest BCUT2D eigenvalue weighted by Gasteiger charge is -2.36. The molecule has 2 aromatic rings. The molecule has 3 aliphatic rings. The van der Waals surface area contributed by atoms with E-state index in [1.165, 1.54) is 4.90 Å². The summed E-state index contributed by atoms with van der Waals surface area (Å²) in [6.07, 6.45) is 4.62. The number of esters is 1. The summed E-state index contributed by atoms with van der Waals surface area (Å²) in [6, 6.07) is 6.50. The third-order valence-electron chi connectivity index (χ3n) is 7.82. The standard InChI is InChI=1S/C27H33N5O6/c1-3-5-16-37-26(36)21-20-11-12-27(38-20)22(21)24(34)31(14-8-15-33)23(27)25(35)30(13-4-2)17-32-19-10-7-6-9-18(19)28-29-32/h3-4,6-7,9-10,20-23,33H,1-2,5,8,11-17H2/t20-,21+,22-,23?,27?/m0/s1. The molecule has 5 rings (SSSR count). The van der Waals surface area contributed by atoms with Gasteiger partial charge < -0.3 is 24.4 Å². The molecule has 3 aliphatic heterocycles. The maximum absolute atomic E-state index is 14.3. The fraction of sp³-hybridized carbons (Fsp3) is 0.519. The van der Waals surface area contributed by atoms with E-state index < -0.39 is 35.6 Å². The number of carbonyl (C=O) groups excluding carboxylic acids is 3. The average Bonchev–Trinajstić information content (AvgIpc) is 3.66. The summed E-state index contributed by atoms with van der Waals surface area (Å²) in [5.74, 6) is -2.71. The second kappa shape index (κ2) is 10.7.